The Balaban J connectivity index is 1.55. The van der Waals surface area contributed by atoms with Gasteiger partial charge in [0.1, 0.15) is 6.61 Å². The summed E-state index contributed by atoms with van der Waals surface area (Å²) in [5, 5.41) is 7.05. The van der Waals surface area contributed by atoms with Crippen LogP contribution in [0.25, 0.3) is 0 Å². The van der Waals surface area contributed by atoms with E-state index in [4.69, 9.17) is 9.47 Å². The minimum atomic E-state index is -0.236. The second-order valence-corrected chi connectivity index (χ2v) is 7.48. The lowest BCUT2D eigenvalue weighted by Gasteiger charge is -2.12. The molecule has 0 aliphatic carbocycles. The Labute approximate surface area is 190 Å². The number of carbonyl (C=O) groups is 1. The van der Waals surface area contributed by atoms with Crippen LogP contribution in [-0.2, 0) is 11.4 Å². The maximum absolute atomic E-state index is 11.9. The number of halogens is 1. The molecule has 6 nitrogen and oxygen atoms in total. The molecule has 0 spiro atoms. The summed E-state index contributed by atoms with van der Waals surface area (Å²) in [7, 11) is 0. The van der Waals surface area contributed by atoms with Crippen molar-refractivity contribution in [2.75, 3.05) is 18.5 Å². The van der Waals surface area contributed by atoms with Gasteiger partial charge in [-0.05, 0) is 60.5 Å². The molecule has 7 heteroatoms. The summed E-state index contributed by atoms with van der Waals surface area (Å²) >= 11 is 3.43. The van der Waals surface area contributed by atoms with E-state index in [1.165, 1.54) is 0 Å². The molecule has 0 aromatic heterocycles. The smallest absolute Gasteiger partial charge is 0.259 e. The molecular formula is C24H24BrN3O3. The predicted octanol–water partition coefficient (Wildman–Crippen LogP) is 4.99. The normalized spacial score (nSPS) is 10.6. The number of carbonyl (C=O) groups excluding carboxylic acids is 1. The molecule has 0 radical (unpaired) electrons. The van der Waals surface area contributed by atoms with Gasteiger partial charge in [0, 0.05) is 10.2 Å². The van der Waals surface area contributed by atoms with E-state index >= 15 is 0 Å². The number of hydrazone groups is 1. The van der Waals surface area contributed by atoms with E-state index in [0.29, 0.717) is 24.7 Å². The minimum Gasteiger partial charge on any atom is -0.490 e. The van der Waals surface area contributed by atoms with Crippen molar-refractivity contribution in [3.63, 3.8) is 0 Å². The van der Waals surface area contributed by atoms with E-state index in [-0.39, 0.29) is 12.5 Å². The Morgan fingerprint density at radius 1 is 1.00 bits per heavy atom. The molecule has 2 N–H and O–H groups in total. The lowest BCUT2D eigenvalue weighted by molar-refractivity contribution is -0.119. The molecule has 3 aromatic rings. The molecule has 0 bridgehead atoms. The molecule has 3 rings (SSSR count). The van der Waals surface area contributed by atoms with Crippen molar-refractivity contribution in [3.05, 3.63) is 88.4 Å². The van der Waals surface area contributed by atoms with Gasteiger partial charge < -0.3 is 14.8 Å². The molecule has 0 heterocycles. The summed E-state index contributed by atoms with van der Waals surface area (Å²) in [5.41, 5.74) is 5.23. The first-order valence-corrected chi connectivity index (χ1v) is 10.7. The maximum Gasteiger partial charge on any atom is 0.259 e. The van der Waals surface area contributed by atoms with Crippen LogP contribution >= 0.6 is 15.9 Å². The number of ether oxygens (including phenoxy) is 2. The third-order valence-corrected chi connectivity index (χ3v) is 4.73. The second-order valence-electron chi connectivity index (χ2n) is 6.57. The summed E-state index contributed by atoms with van der Waals surface area (Å²) in [6.45, 7) is 3.00. The first-order valence-electron chi connectivity index (χ1n) is 9.89. The summed E-state index contributed by atoms with van der Waals surface area (Å²) < 4.78 is 12.7. The fourth-order valence-corrected chi connectivity index (χ4v) is 2.96. The van der Waals surface area contributed by atoms with Crippen molar-refractivity contribution in [3.8, 4) is 11.5 Å². The Hall–Kier alpha value is -3.32. The molecule has 0 aliphatic rings. The van der Waals surface area contributed by atoms with Crippen LogP contribution in [-0.4, -0.2) is 25.3 Å². The quantitative estimate of drug-likeness (QED) is 0.316. The van der Waals surface area contributed by atoms with E-state index < -0.39 is 0 Å². The van der Waals surface area contributed by atoms with Gasteiger partial charge in [0.15, 0.2) is 11.5 Å². The number of hydrogen-bond acceptors (Lipinski definition) is 5. The molecule has 0 saturated heterocycles. The fourth-order valence-electron chi connectivity index (χ4n) is 2.69. The van der Waals surface area contributed by atoms with Crippen molar-refractivity contribution in [1.82, 2.24) is 5.43 Å². The van der Waals surface area contributed by atoms with Gasteiger partial charge in [0.05, 0.1) is 19.4 Å². The highest BCUT2D eigenvalue weighted by atomic mass is 79.9. The molecular weight excluding hydrogens is 458 g/mol. The molecule has 0 fully saturated rings. The van der Waals surface area contributed by atoms with Crippen molar-refractivity contribution in [2.24, 2.45) is 5.10 Å². The van der Waals surface area contributed by atoms with Crippen LogP contribution in [0.15, 0.2) is 82.4 Å². The zero-order valence-corrected chi connectivity index (χ0v) is 18.8. The monoisotopic (exact) mass is 481 g/mol. The van der Waals surface area contributed by atoms with Gasteiger partial charge in [-0.2, -0.15) is 5.10 Å². The van der Waals surface area contributed by atoms with E-state index in [1.807, 2.05) is 79.7 Å². The Kier molecular flexibility index (Phi) is 8.48. The van der Waals surface area contributed by atoms with Gasteiger partial charge in [-0.25, -0.2) is 5.43 Å². The Bertz CT molecular complexity index is 1010. The number of nitrogens with zero attached hydrogens (tertiary/aromatic N) is 1. The predicted molar refractivity (Wildman–Crippen MR) is 127 cm³/mol. The van der Waals surface area contributed by atoms with Crippen molar-refractivity contribution >= 4 is 33.7 Å². The number of para-hydroxylation sites is 1. The van der Waals surface area contributed by atoms with Crippen molar-refractivity contribution in [1.29, 1.82) is 0 Å². The number of rotatable bonds is 10. The largest absolute Gasteiger partial charge is 0.490 e. The van der Waals surface area contributed by atoms with E-state index in [0.717, 1.165) is 21.3 Å². The fraction of sp³-hybridized carbons (Fsp3) is 0.167. The molecule has 1 amide bonds. The molecule has 3 aromatic carbocycles. The van der Waals surface area contributed by atoms with Crippen LogP contribution in [0.3, 0.4) is 0 Å². The summed E-state index contributed by atoms with van der Waals surface area (Å²) in [6, 6.07) is 23.0. The number of hydrogen-bond donors (Lipinski definition) is 2. The van der Waals surface area contributed by atoms with Gasteiger partial charge >= 0.3 is 0 Å². The highest BCUT2D eigenvalue weighted by Crippen LogP contribution is 2.29. The maximum atomic E-state index is 11.9. The second kappa shape index (κ2) is 11.8. The third kappa shape index (κ3) is 7.46. The Morgan fingerprint density at radius 2 is 1.77 bits per heavy atom. The van der Waals surface area contributed by atoms with Crippen LogP contribution < -0.4 is 20.2 Å². The summed E-state index contributed by atoms with van der Waals surface area (Å²) in [4.78, 5) is 11.9. The highest BCUT2D eigenvalue weighted by Gasteiger charge is 2.07. The number of amides is 1. The van der Waals surface area contributed by atoms with Gasteiger partial charge in [-0.3, -0.25) is 4.79 Å². The molecule has 31 heavy (non-hydrogen) atoms. The summed E-state index contributed by atoms with van der Waals surface area (Å²) in [5.74, 6) is 1.04. The minimum absolute atomic E-state index is 0.133. The van der Waals surface area contributed by atoms with Crippen LogP contribution in [0.5, 0.6) is 11.5 Å². The zero-order chi connectivity index (χ0) is 21.9. The van der Waals surface area contributed by atoms with Crippen LogP contribution in [0.1, 0.15) is 18.1 Å². The third-order valence-electron chi connectivity index (χ3n) is 4.20. The van der Waals surface area contributed by atoms with Crippen LogP contribution in [0.4, 0.5) is 5.69 Å². The van der Waals surface area contributed by atoms with Crippen LogP contribution in [0, 0.1) is 0 Å². The van der Waals surface area contributed by atoms with Gasteiger partial charge in [0.2, 0.25) is 0 Å². The average molecular weight is 482 g/mol. The molecule has 0 saturated carbocycles. The van der Waals surface area contributed by atoms with Crippen LogP contribution in [0.2, 0.25) is 0 Å². The van der Waals surface area contributed by atoms with Crippen molar-refractivity contribution in [2.45, 2.75) is 13.5 Å². The van der Waals surface area contributed by atoms with Gasteiger partial charge in [-0.1, -0.05) is 46.3 Å². The van der Waals surface area contributed by atoms with Gasteiger partial charge in [0.25, 0.3) is 5.91 Å². The standard InChI is InChI=1S/C24H24BrN3O3/c1-2-30-23-14-19(10-13-22(23)31-17-18-8-11-20(25)12-9-18)15-27-28-24(29)16-26-21-6-4-3-5-7-21/h3-15,26H,2,16-17H2,1H3,(H,28,29)/b27-15-. The lowest BCUT2D eigenvalue weighted by Crippen LogP contribution is -2.25. The van der Waals surface area contributed by atoms with E-state index in [9.17, 15) is 4.79 Å². The topological polar surface area (TPSA) is 72.0 Å². The van der Waals surface area contributed by atoms with E-state index in [2.05, 4.69) is 31.8 Å². The number of nitrogens with one attached hydrogen (secondary N) is 2. The molecule has 0 aliphatic heterocycles. The highest BCUT2D eigenvalue weighted by molar-refractivity contribution is 9.10. The summed E-state index contributed by atoms with van der Waals surface area (Å²) in [6.07, 6.45) is 1.57. The number of benzene rings is 3. The first-order chi connectivity index (χ1) is 15.1. The van der Waals surface area contributed by atoms with Gasteiger partial charge in [-0.15, -0.1) is 0 Å². The van der Waals surface area contributed by atoms with E-state index in [1.54, 1.807) is 6.21 Å². The lowest BCUT2D eigenvalue weighted by atomic mass is 10.2. The SMILES string of the molecule is CCOc1cc(/C=N\NC(=O)CNc2ccccc2)ccc1OCc1ccc(Br)cc1. The average Bonchev–Trinajstić information content (AvgIpc) is 2.79. The molecule has 0 atom stereocenters. The molecule has 160 valence electrons. The number of anilines is 1. The zero-order valence-electron chi connectivity index (χ0n) is 17.2. The Morgan fingerprint density at radius 3 is 2.52 bits per heavy atom. The van der Waals surface area contributed by atoms with Crippen molar-refractivity contribution < 1.29 is 14.3 Å². The molecule has 0 unspecified atom stereocenters. The first kappa shape index (κ1) is 22.4.